The molecule has 0 saturated heterocycles. The highest BCUT2D eigenvalue weighted by molar-refractivity contribution is 7.87. The summed E-state index contributed by atoms with van der Waals surface area (Å²) >= 11 is 0. The molecule has 0 heterocycles. The fourth-order valence-electron chi connectivity index (χ4n) is 4.48. The fraction of sp³-hybridized carbons (Fsp3) is 0.923. The first-order chi connectivity index (χ1) is 16.4. The summed E-state index contributed by atoms with van der Waals surface area (Å²) in [5.74, 6) is -3.50. The van der Waals surface area contributed by atoms with Gasteiger partial charge in [-0.05, 0) is 32.9 Å². The molecule has 0 bridgehead atoms. The van der Waals surface area contributed by atoms with E-state index in [4.69, 9.17) is 14.8 Å². The maximum atomic E-state index is 10.2. The molecule has 0 aliphatic rings. The van der Waals surface area contributed by atoms with Crippen molar-refractivity contribution in [2.24, 2.45) is 0 Å². The van der Waals surface area contributed by atoms with Crippen molar-refractivity contribution in [2.45, 2.75) is 142 Å². The van der Waals surface area contributed by atoms with E-state index in [-0.39, 0.29) is 0 Å². The molecule has 0 aliphatic carbocycles. The average molecular weight is 524 g/mol. The lowest BCUT2D eigenvalue weighted by Crippen LogP contribution is -2.46. The van der Waals surface area contributed by atoms with Crippen LogP contribution in [0.4, 0.5) is 0 Å². The van der Waals surface area contributed by atoms with Gasteiger partial charge in [-0.3, -0.25) is 19.0 Å². The Balaban J connectivity index is 0. The zero-order valence-corrected chi connectivity index (χ0v) is 23.7. The molecule has 0 saturated carbocycles. The van der Waals surface area contributed by atoms with E-state index in [1.165, 1.54) is 103 Å². The van der Waals surface area contributed by atoms with Crippen molar-refractivity contribution < 1.29 is 32.8 Å². The summed E-state index contributed by atoms with van der Waals surface area (Å²) in [5.41, 5.74) is 0.443. The van der Waals surface area contributed by atoms with E-state index >= 15 is 0 Å². The van der Waals surface area contributed by atoms with Crippen molar-refractivity contribution in [2.75, 3.05) is 13.1 Å². The summed E-state index contributed by atoms with van der Waals surface area (Å²) < 4.78 is 28.7. The largest absolute Gasteiger partial charge is 0.481 e. The van der Waals surface area contributed by atoms with E-state index in [1.807, 2.05) is 0 Å². The van der Waals surface area contributed by atoms with Crippen LogP contribution in [0.1, 0.15) is 131 Å². The molecule has 0 spiro atoms. The Bertz CT molecular complexity index is 632. The predicted octanol–water partition coefficient (Wildman–Crippen LogP) is 6.39. The van der Waals surface area contributed by atoms with E-state index in [0.29, 0.717) is 5.54 Å². The molecule has 210 valence electrons. The number of hydrogen-bond donors (Lipinski definition) is 3. The van der Waals surface area contributed by atoms with Crippen LogP contribution in [0.3, 0.4) is 0 Å². The van der Waals surface area contributed by atoms with Crippen LogP contribution in [-0.2, 0) is 19.7 Å². The number of rotatable bonds is 21. The molecule has 0 rings (SSSR count). The maximum absolute atomic E-state index is 10.2. The number of unbranched alkanes of at least 4 members (excludes halogenated alkanes) is 10. The van der Waals surface area contributed by atoms with Crippen LogP contribution < -0.4 is 0 Å². The number of nitrogens with zero attached hydrogens (tertiary/aromatic N) is 1. The minimum absolute atomic E-state index is 0.443. The summed E-state index contributed by atoms with van der Waals surface area (Å²) in [7, 11) is -4.84. The second kappa shape index (κ2) is 20.9. The van der Waals surface area contributed by atoms with E-state index < -0.39 is 33.7 Å². The average Bonchev–Trinajstić information content (AvgIpc) is 2.77. The summed E-state index contributed by atoms with van der Waals surface area (Å²) in [5, 5.41) is 13.9. The monoisotopic (exact) mass is 523 g/mol. The van der Waals surface area contributed by atoms with Gasteiger partial charge in [0, 0.05) is 5.54 Å². The highest BCUT2D eigenvalue weighted by Crippen LogP contribution is 2.29. The molecule has 1 atom stereocenters. The van der Waals surface area contributed by atoms with Crippen molar-refractivity contribution in [3.63, 3.8) is 0 Å². The molecule has 9 heteroatoms. The topological polar surface area (TPSA) is 132 Å². The Morgan fingerprint density at radius 3 is 1.37 bits per heavy atom. The molecule has 35 heavy (non-hydrogen) atoms. The van der Waals surface area contributed by atoms with Gasteiger partial charge < -0.3 is 10.2 Å². The van der Waals surface area contributed by atoms with Gasteiger partial charge in [0.25, 0.3) is 10.1 Å². The van der Waals surface area contributed by atoms with Crippen LogP contribution >= 0.6 is 0 Å². The zero-order valence-electron chi connectivity index (χ0n) is 22.9. The number of carboxylic acids is 2. The minimum Gasteiger partial charge on any atom is -0.481 e. The smallest absolute Gasteiger partial charge is 0.325 e. The second-order valence-corrected chi connectivity index (χ2v) is 11.2. The highest BCUT2D eigenvalue weighted by atomic mass is 32.2. The van der Waals surface area contributed by atoms with Crippen LogP contribution in [0.5, 0.6) is 0 Å². The van der Waals surface area contributed by atoms with Crippen LogP contribution in [0.25, 0.3) is 0 Å². The normalized spacial score (nSPS) is 12.8. The first kappa shape index (κ1) is 36.0. The lowest BCUT2D eigenvalue weighted by molar-refractivity contribution is -0.143. The Morgan fingerprint density at radius 1 is 0.743 bits per heavy atom. The van der Waals surface area contributed by atoms with Crippen molar-refractivity contribution in [3.8, 4) is 0 Å². The van der Waals surface area contributed by atoms with Crippen molar-refractivity contribution in [1.29, 1.82) is 0 Å². The van der Waals surface area contributed by atoms with E-state index in [0.717, 1.165) is 0 Å². The summed E-state index contributed by atoms with van der Waals surface area (Å²) in [6.45, 7) is 14.2. The van der Waals surface area contributed by atoms with E-state index in [2.05, 4.69) is 39.5 Å². The van der Waals surface area contributed by atoms with Crippen LogP contribution in [0.15, 0.2) is 0 Å². The van der Waals surface area contributed by atoms with E-state index in [1.54, 1.807) is 0 Å². The summed E-state index contributed by atoms with van der Waals surface area (Å²) in [6, 6.07) is 0. The fourth-order valence-corrected chi connectivity index (χ4v) is 5.09. The molecule has 0 aromatic rings. The first-order valence-corrected chi connectivity index (χ1v) is 15.1. The quantitative estimate of drug-likeness (QED) is 0.116. The summed E-state index contributed by atoms with van der Waals surface area (Å²) in [6.07, 6.45) is 18.7. The van der Waals surface area contributed by atoms with Crippen molar-refractivity contribution >= 4 is 22.1 Å². The van der Waals surface area contributed by atoms with Gasteiger partial charge in [0.05, 0.1) is 6.42 Å². The molecular weight excluding hydrogens is 470 g/mol. The lowest BCUT2D eigenvalue weighted by Gasteiger charge is -2.41. The van der Waals surface area contributed by atoms with Gasteiger partial charge in [0.15, 0.2) is 5.25 Å². The molecule has 0 aliphatic heterocycles. The van der Waals surface area contributed by atoms with Gasteiger partial charge in [-0.1, -0.05) is 105 Å². The minimum atomic E-state index is -4.84. The molecule has 0 fully saturated rings. The SMILES string of the molecule is CCCCCCCCC(C)(CCCCCCCC)N(CC)CC.O=C(O)CC(C(=O)O)S(=O)(=O)O. The van der Waals surface area contributed by atoms with Gasteiger partial charge in [-0.15, -0.1) is 0 Å². The molecule has 0 aromatic heterocycles. The van der Waals surface area contributed by atoms with Crippen LogP contribution in [0.2, 0.25) is 0 Å². The number of carbonyl (C=O) groups is 2. The Labute approximate surface area is 214 Å². The summed E-state index contributed by atoms with van der Waals surface area (Å²) in [4.78, 5) is 22.7. The first-order valence-electron chi connectivity index (χ1n) is 13.5. The molecule has 0 radical (unpaired) electrons. The van der Waals surface area contributed by atoms with Gasteiger partial charge in [0.2, 0.25) is 0 Å². The molecule has 8 nitrogen and oxygen atoms in total. The Morgan fingerprint density at radius 2 is 1.11 bits per heavy atom. The number of carboxylic acid groups (broad SMARTS) is 2. The Kier molecular flexibility index (Phi) is 21.5. The lowest BCUT2D eigenvalue weighted by atomic mass is 9.86. The zero-order chi connectivity index (χ0) is 27.3. The van der Waals surface area contributed by atoms with Crippen LogP contribution in [0, 0.1) is 0 Å². The molecule has 0 aromatic carbocycles. The second-order valence-electron chi connectivity index (χ2n) is 9.64. The number of aliphatic carboxylic acids is 2. The van der Waals surface area contributed by atoms with E-state index in [9.17, 15) is 18.0 Å². The standard InChI is InChI=1S/C22H47N.C4H6O7S/c1-6-10-12-14-16-18-20-22(5,23(8-3)9-4)21-19-17-15-13-11-7-2;5-3(6)1-2(4(7)8)12(9,10)11/h6-21H2,1-5H3;2H,1H2,(H,5,6)(H,7,8)(H,9,10,11). The third kappa shape index (κ3) is 18.7. The predicted molar refractivity (Wildman–Crippen MR) is 143 cm³/mol. The van der Waals surface area contributed by atoms with Gasteiger partial charge in [0.1, 0.15) is 0 Å². The molecule has 3 N–H and O–H groups in total. The van der Waals surface area contributed by atoms with Gasteiger partial charge >= 0.3 is 11.9 Å². The van der Waals surface area contributed by atoms with Gasteiger partial charge in [-0.2, -0.15) is 8.42 Å². The highest BCUT2D eigenvalue weighted by Gasteiger charge is 2.33. The van der Waals surface area contributed by atoms with Crippen molar-refractivity contribution in [3.05, 3.63) is 0 Å². The number of hydrogen-bond acceptors (Lipinski definition) is 5. The van der Waals surface area contributed by atoms with Crippen LogP contribution in [-0.4, -0.2) is 63.9 Å². The van der Waals surface area contributed by atoms with Crippen molar-refractivity contribution in [1.82, 2.24) is 4.90 Å². The van der Waals surface area contributed by atoms with Gasteiger partial charge in [-0.25, -0.2) is 0 Å². The molecule has 0 amide bonds. The maximum Gasteiger partial charge on any atom is 0.325 e. The molecule has 1 unspecified atom stereocenters. The third-order valence-electron chi connectivity index (χ3n) is 6.66. The Hall–Kier alpha value is -1.19. The molecular formula is C26H53NO7S. The third-order valence-corrected chi connectivity index (χ3v) is 7.75.